The quantitative estimate of drug-likeness (QED) is 0.806. The molecule has 0 bridgehead atoms. The van der Waals surface area contributed by atoms with Crippen LogP contribution < -0.4 is 4.72 Å². The molecule has 6 heteroatoms. The number of aromatic nitrogens is 1. The van der Waals surface area contributed by atoms with E-state index in [1.165, 1.54) is 6.07 Å². The summed E-state index contributed by atoms with van der Waals surface area (Å²) in [6.45, 7) is 9.37. The summed E-state index contributed by atoms with van der Waals surface area (Å²) >= 11 is 0. The first kappa shape index (κ1) is 17.6. The molecule has 0 aliphatic rings. The summed E-state index contributed by atoms with van der Waals surface area (Å²) < 4.78 is 34.0. The Morgan fingerprint density at radius 1 is 1.43 bits per heavy atom. The Bertz CT molecular complexity index is 707. The summed E-state index contributed by atoms with van der Waals surface area (Å²) in [7, 11) is -1.26. The highest BCUT2D eigenvalue weighted by Crippen LogP contribution is 2.27. The fraction of sp³-hybridized carbons (Fsp3) is 0.353. The highest BCUT2D eigenvalue weighted by atomic mass is 32.2. The first-order valence-electron chi connectivity index (χ1n) is 7.33. The van der Waals surface area contributed by atoms with Crippen molar-refractivity contribution < 1.29 is 13.1 Å². The smallest absolute Gasteiger partial charge is 0.170 e. The molecule has 1 unspecified atom stereocenters. The van der Waals surface area contributed by atoms with E-state index in [-0.39, 0.29) is 11.9 Å². The normalized spacial score (nSPS) is 14.4. The van der Waals surface area contributed by atoms with E-state index < -0.39 is 15.7 Å². The van der Waals surface area contributed by atoms with Crippen LogP contribution in [0, 0.1) is 5.82 Å². The molecule has 1 aromatic carbocycles. The largest absolute Gasteiger partial charge is 0.356 e. The highest BCUT2D eigenvalue weighted by Gasteiger charge is 2.25. The van der Waals surface area contributed by atoms with Gasteiger partial charge in [-0.1, -0.05) is 23.4 Å². The average Bonchev–Trinajstić information content (AvgIpc) is 2.95. The molecule has 2 aromatic rings. The van der Waals surface area contributed by atoms with Crippen molar-refractivity contribution in [2.24, 2.45) is 0 Å². The van der Waals surface area contributed by atoms with Gasteiger partial charge in [0.25, 0.3) is 0 Å². The van der Waals surface area contributed by atoms with E-state index in [1.54, 1.807) is 30.3 Å². The third kappa shape index (κ3) is 4.36. The monoisotopic (exact) mass is 336 g/mol. The maximum absolute atomic E-state index is 13.8. The van der Waals surface area contributed by atoms with Gasteiger partial charge in [0.15, 0.2) is 5.76 Å². The van der Waals surface area contributed by atoms with E-state index in [0.29, 0.717) is 23.4 Å². The Balaban J connectivity index is 2.26. The molecule has 2 atom stereocenters. The maximum Gasteiger partial charge on any atom is 0.170 e. The van der Waals surface area contributed by atoms with Crippen molar-refractivity contribution in [3.8, 4) is 11.3 Å². The van der Waals surface area contributed by atoms with Crippen molar-refractivity contribution in [3.05, 3.63) is 54.5 Å². The van der Waals surface area contributed by atoms with Gasteiger partial charge in [-0.25, -0.2) is 13.3 Å². The van der Waals surface area contributed by atoms with Crippen LogP contribution in [-0.4, -0.2) is 14.1 Å². The lowest BCUT2D eigenvalue weighted by Crippen LogP contribution is -2.35. The van der Waals surface area contributed by atoms with Crippen LogP contribution in [0.1, 0.15) is 38.9 Å². The lowest BCUT2D eigenvalue weighted by atomic mass is 10.1. The van der Waals surface area contributed by atoms with Crippen LogP contribution in [0.25, 0.3) is 11.3 Å². The van der Waals surface area contributed by atoms with Gasteiger partial charge in [-0.05, 0) is 39.3 Å². The summed E-state index contributed by atoms with van der Waals surface area (Å²) in [5, 5.41) is 4.00. The number of rotatable bonds is 6. The number of halogens is 1. The van der Waals surface area contributed by atoms with Gasteiger partial charge < -0.3 is 4.52 Å². The van der Waals surface area contributed by atoms with Gasteiger partial charge in [-0.3, -0.25) is 0 Å². The van der Waals surface area contributed by atoms with Crippen molar-refractivity contribution in [2.45, 2.75) is 38.0 Å². The predicted molar refractivity (Wildman–Crippen MR) is 90.5 cm³/mol. The minimum absolute atomic E-state index is 0.308. The molecule has 0 radical (unpaired) electrons. The molecule has 0 amide bonds. The number of hydrogen-bond acceptors (Lipinski definition) is 3. The van der Waals surface area contributed by atoms with Gasteiger partial charge in [0.05, 0.1) is 27.3 Å². The molecular formula is C17H21FN2O2S. The van der Waals surface area contributed by atoms with Crippen LogP contribution in [-0.2, 0) is 11.0 Å². The SMILES string of the molecule is C=CC[C@H](NS(=O)C(C)(C)C)c1cc(-c2ccccc2F)on1. The zero-order valence-electron chi connectivity index (χ0n) is 13.5. The van der Waals surface area contributed by atoms with Crippen molar-refractivity contribution in [1.82, 2.24) is 9.88 Å². The molecule has 124 valence electrons. The molecule has 2 rings (SSSR count). The zero-order chi connectivity index (χ0) is 17.0. The van der Waals surface area contributed by atoms with Crippen LogP contribution in [0.15, 0.2) is 47.5 Å². The molecule has 0 aliphatic carbocycles. The van der Waals surface area contributed by atoms with Crippen molar-refractivity contribution in [1.29, 1.82) is 0 Å². The molecule has 0 fully saturated rings. The van der Waals surface area contributed by atoms with E-state index in [1.807, 2.05) is 20.8 Å². The third-order valence-electron chi connectivity index (χ3n) is 3.23. The minimum atomic E-state index is -1.26. The first-order chi connectivity index (χ1) is 10.8. The van der Waals surface area contributed by atoms with Crippen LogP contribution in [0.4, 0.5) is 4.39 Å². The molecule has 0 spiro atoms. The van der Waals surface area contributed by atoms with Gasteiger partial charge >= 0.3 is 0 Å². The van der Waals surface area contributed by atoms with E-state index in [0.717, 1.165) is 0 Å². The zero-order valence-corrected chi connectivity index (χ0v) is 14.3. The topological polar surface area (TPSA) is 55.1 Å². The lowest BCUT2D eigenvalue weighted by Gasteiger charge is -2.22. The van der Waals surface area contributed by atoms with E-state index >= 15 is 0 Å². The van der Waals surface area contributed by atoms with Gasteiger partial charge in [-0.2, -0.15) is 0 Å². The van der Waals surface area contributed by atoms with Crippen LogP contribution >= 0.6 is 0 Å². The fourth-order valence-corrected chi connectivity index (χ4v) is 2.77. The molecule has 4 nitrogen and oxygen atoms in total. The highest BCUT2D eigenvalue weighted by molar-refractivity contribution is 7.84. The summed E-state index contributed by atoms with van der Waals surface area (Å²) in [6.07, 6.45) is 2.25. The van der Waals surface area contributed by atoms with Crippen LogP contribution in [0.5, 0.6) is 0 Å². The summed E-state index contributed by atoms with van der Waals surface area (Å²) in [4.78, 5) is 0. The predicted octanol–water partition coefficient (Wildman–Crippen LogP) is 4.15. The standard InChI is InChI=1S/C17H21FN2O2S/c1-5-8-14(20-23(21)17(2,3)4)15-11-16(22-19-15)12-9-6-7-10-13(12)18/h5-7,9-11,14,20H,1,8H2,2-4H3/t14-,23?/m0/s1. The fourth-order valence-electron chi connectivity index (χ4n) is 1.94. The van der Waals surface area contributed by atoms with Gasteiger partial charge in [-0.15, -0.1) is 6.58 Å². The molecule has 0 saturated carbocycles. The van der Waals surface area contributed by atoms with Crippen LogP contribution in [0.2, 0.25) is 0 Å². The van der Waals surface area contributed by atoms with E-state index in [4.69, 9.17) is 4.52 Å². The van der Waals surface area contributed by atoms with E-state index in [9.17, 15) is 8.60 Å². The minimum Gasteiger partial charge on any atom is -0.356 e. The Kier molecular flexibility index (Phi) is 5.49. The van der Waals surface area contributed by atoms with Crippen molar-refractivity contribution in [3.63, 3.8) is 0 Å². The molecule has 1 N–H and O–H groups in total. The van der Waals surface area contributed by atoms with Crippen molar-refractivity contribution >= 4 is 11.0 Å². The van der Waals surface area contributed by atoms with Gasteiger partial charge in [0, 0.05) is 6.07 Å². The first-order valence-corrected chi connectivity index (χ1v) is 8.48. The molecule has 1 aromatic heterocycles. The number of nitrogens with zero attached hydrogens (tertiary/aromatic N) is 1. The Hall–Kier alpha value is -1.79. The number of benzene rings is 1. The summed E-state index contributed by atoms with van der Waals surface area (Å²) in [5.74, 6) is -0.0304. The third-order valence-corrected chi connectivity index (χ3v) is 4.84. The van der Waals surface area contributed by atoms with Gasteiger partial charge in [0.2, 0.25) is 0 Å². The lowest BCUT2D eigenvalue weighted by molar-refractivity contribution is 0.411. The van der Waals surface area contributed by atoms with Crippen molar-refractivity contribution in [2.75, 3.05) is 0 Å². The molecule has 0 aliphatic heterocycles. The molecule has 0 saturated heterocycles. The second-order valence-electron chi connectivity index (χ2n) is 6.17. The Labute approximate surface area is 138 Å². The van der Waals surface area contributed by atoms with E-state index in [2.05, 4.69) is 16.5 Å². The Morgan fingerprint density at radius 3 is 2.74 bits per heavy atom. The number of hydrogen-bond donors (Lipinski definition) is 1. The maximum atomic E-state index is 13.8. The van der Waals surface area contributed by atoms with Gasteiger partial charge in [0.1, 0.15) is 11.5 Å². The second kappa shape index (κ2) is 7.19. The molecular weight excluding hydrogens is 315 g/mol. The average molecular weight is 336 g/mol. The Morgan fingerprint density at radius 2 is 2.13 bits per heavy atom. The second-order valence-corrected chi connectivity index (χ2v) is 8.17. The summed E-state index contributed by atoms with van der Waals surface area (Å²) in [6, 6.07) is 7.70. The molecule has 23 heavy (non-hydrogen) atoms. The number of nitrogens with one attached hydrogen (secondary N) is 1. The van der Waals surface area contributed by atoms with Crippen LogP contribution in [0.3, 0.4) is 0 Å². The summed E-state index contributed by atoms with van der Waals surface area (Å²) in [5.41, 5.74) is 0.918. The molecule has 1 heterocycles.